The summed E-state index contributed by atoms with van der Waals surface area (Å²) in [7, 11) is 0. The smallest absolute Gasteiger partial charge is 0.259 e. The van der Waals surface area contributed by atoms with E-state index in [1.54, 1.807) is 18.2 Å². The first-order chi connectivity index (χ1) is 12.5. The molecule has 0 bridgehead atoms. The molecule has 2 aromatic rings. The Bertz CT molecular complexity index is 844. The fourth-order valence-electron chi connectivity index (χ4n) is 2.36. The molecule has 8 heteroatoms. The van der Waals surface area contributed by atoms with Crippen molar-refractivity contribution in [2.45, 2.75) is 12.2 Å². The van der Waals surface area contributed by atoms with Crippen LogP contribution in [0.3, 0.4) is 0 Å². The van der Waals surface area contributed by atoms with E-state index in [1.165, 1.54) is 16.7 Å². The summed E-state index contributed by atoms with van der Waals surface area (Å²) in [6.45, 7) is 1.85. The fraction of sp³-hybridized carbons (Fsp3) is 0.167. The second kappa shape index (κ2) is 8.25. The SMILES string of the molecule is C[C@H]1S/C(=N/NC(=O)CNc2cccc(Cl)c2)N(c2ccccc2)C1=O. The molecule has 1 aliphatic heterocycles. The van der Waals surface area contributed by atoms with Crippen LogP contribution in [0.5, 0.6) is 0 Å². The van der Waals surface area contributed by atoms with Crippen LogP contribution in [-0.2, 0) is 9.59 Å². The van der Waals surface area contributed by atoms with Crippen LogP contribution in [0.4, 0.5) is 11.4 Å². The Labute approximate surface area is 160 Å². The Morgan fingerprint density at radius 2 is 2.00 bits per heavy atom. The minimum absolute atomic E-state index is 0.0383. The molecular weight excluding hydrogens is 372 g/mol. The van der Waals surface area contributed by atoms with Gasteiger partial charge >= 0.3 is 0 Å². The lowest BCUT2D eigenvalue weighted by Gasteiger charge is -2.16. The summed E-state index contributed by atoms with van der Waals surface area (Å²) in [5, 5.41) is 7.88. The first kappa shape index (κ1) is 18.3. The molecule has 2 amide bonds. The number of nitrogens with one attached hydrogen (secondary N) is 2. The summed E-state index contributed by atoms with van der Waals surface area (Å²) in [6, 6.07) is 16.3. The van der Waals surface area contributed by atoms with Gasteiger partial charge in [-0.2, -0.15) is 0 Å². The van der Waals surface area contributed by atoms with Crippen molar-refractivity contribution in [2.75, 3.05) is 16.8 Å². The Morgan fingerprint density at radius 3 is 2.73 bits per heavy atom. The van der Waals surface area contributed by atoms with Gasteiger partial charge in [0, 0.05) is 10.7 Å². The van der Waals surface area contributed by atoms with E-state index in [9.17, 15) is 9.59 Å². The molecule has 0 unspecified atom stereocenters. The number of amidine groups is 1. The number of hydrogen-bond acceptors (Lipinski definition) is 5. The molecule has 0 radical (unpaired) electrons. The summed E-state index contributed by atoms with van der Waals surface area (Å²) in [5.41, 5.74) is 3.95. The van der Waals surface area contributed by atoms with Crippen LogP contribution in [0.25, 0.3) is 0 Å². The molecule has 3 rings (SSSR count). The van der Waals surface area contributed by atoms with Gasteiger partial charge in [-0.05, 0) is 37.3 Å². The number of amides is 2. The highest BCUT2D eigenvalue weighted by molar-refractivity contribution is 8.16. The van der Waals surface area contributed by atoms with Gasteiger partial charge in [0.2, 0.25) is 5.91 Å². The van der Waals surface area contributed by atoms with Crippen molar-refractivity contribution < 1.29 is 9.59 Å². The van der Waals surface area contributed by atoms with E-state index in [-0.39, 0.29) is 23.6 Å². The third kappa shape index (κ3) is 4.36. The van der Waals surface area contributed by atoms with Gasteiger partial charge in [0.1, 0.15) is 0 Å². The maximum absolute atomic E-state index is 12.4. The van der Waals surface area contributed by atoms with Gasteiger partial charge in [-0.15, -0.1) is 5.10 Å². The van der Waals surface area contributed by atoms with Crippen LogP contribution in [0.2, 0.25) is 5.02 Å². The number of carbonyl (C=O) groups excluding carboxylic acids is 2. The van der Waals surface area contributed by atoms with Crippen molar-refractivity contribution in [3.63, 3.8) is 0 Å². The molecule has 1 aliphatic rings. The first-order valence-electron chi connectivity index (χ1n) is 7.96. The van der Waals surface area contributed by atoms with E-state index in [4.69, 9.17) is 11.6 Å². The van der Waals surface area contributed by atoms with Crippen molar-refractivity contribution in [1.82, 2.24) is 5.43 Å². The van der Waals surface area contributed by atoms with Gasteiger partial charge < -0.3 is 5.32 Å². The number of para-hydroxylation sites is 1. The molecule has 1 saturated heterocycles. The van der Waals surface area contributed by atoms with Crippen LogP contribution < -0.4 is 15.6 Å². The zero-order valence-electron chi connectivity index (χ0n) is 14.0. The minimum Gasteiger partial charge on any atom is -0.376 e. The van der Waals surface area contributed by atoms with E-state index >= 15 is 0 Å². The van der Waals surface area contributed by atoms with Crippen molar-refractivity contribution in [1.29, 1.82) is 0 Å². The van der Waals surface area contributed by atoms with Gasteiger partial charge in [-0.25, -0.2) is 5.43 Å². The van der Waals surface area contributed by atoms with E-state index < -0.39 is 0 Å². The normalized spacial score (nSPS) is 18.2. The van der Waals surface area contributed by atoms with Gasteiger partial charge in [0.25, 0.3) is 5.91 Å². The van der Waals surface area contributed by atoms with Gasteiger partial charge in [0.05, 0.1) is 17.5 Å². The van der Waals surface area contributed by atoms with Crippen LogP contribution in [0, 0.1) is 0 Å². The molecule has 2 N–H and O–H groups in total. The molecular formula is C18H17ClN4O2S. The zero-order chi connectivity index (χ0) is 18.5. The molecule has 1 heterocycles. The van der Waals surface area contributed by atoms with E-state index in [2.05, 4.69) is 15.8 Å². The highest BCUT2D eigenvalue weighted by Gasteiger charge is 2.36. The third-order valence-electron chi connectivity index (χ3n) is 3.61. The molecule has 1 fully saturated rings. The topological polar surface area (TPSA) is 73.8 Å². The molecule has 0 spiro atoms. The van der Waals surface area contributed by atoms with E-state index in [0.717, 1.165) is 11.4 Å². The summed E-state index contributed by atoms with van der Waals surface area (Å²) in [5.74, 6) is -0.385. The van der Waals surface area contributed by atoms with Crippen molar-refractivity contribution in [3.05, 3.63) is 59.6 Å². The molecule has 1 atom stereocenters. The number of thioether (sulfide) groups is 1. The lowest BCUT2D eigenvalue weighted by molar-refractivity contribution is -0.119. The molecule has 0 saturated carbocycles. The second-order valence-corrected chi connectivity index (χ2v) is 7.31. The standard InChI is InChI=1S/C18H17ClN4O2S/c1-12-17(25)23(15-8-3-2-4-9-15)18(26-12)22-21-16(24)11-20-14-7-5-6-13(19)10-14/h2-10,12,20H,11H2,1H3,(H,21,24)/b22-18+/t12-/m1/s1. The molecule has 0 aliphatic carbocycles. The Morgan fingerprint density at radius 1 is 1.23 bits per heavy atom. The van der Waals surface area contributed by atoms with Crippen LogP contribution in [0.1, 0.15) is 6.92 Å². The number of halogens is 1. The fourth-order valence-corrected chi connectivity index (χ4v) is 3.47. The quantitative estimate of drug-likeness (QED) is 0.771. The van der Waals surface area contributed by atoms with E-state index in [0.29, 0.717) is 10.2 Å². The average molecular weight is 389 g/mol. The number of benzene rings is 2. The number of nitrogens with zero attached hydrogens (tertiary/aromatic N) is 2. The third-order valence-corrected chi connectivity index (χ3v) is 4.88. The molecule has 134 valence electrons. The van der Waals surface area contributed by atoms with Gasteiger partial charge in [-0.3, -0.25) is 14.5 Å². The Balaban J connectivity index is 1.64. The number of hydrazone groups is 1. The van der Waals surface area contributed by atoms with Crippen LogP contribution in [0.15, 0.2) is 59.7 Å². The predicted octanol–water partition coefficient (Wildman–Crippen LogP) is 3.31. The van der Waals surface area contributed by atoms with Crippen LogP contribution >= 0.6 is 23.4 Å². The zero-order valence-corrected chi connectivity index (χ0v) is 15.6. The number of rotatable bonds is 5. The highest BCUT2D eigenvalue weighted by atomic mass is 35.5. The Hall–Kier alpha value is -2.51. The minimum atomic E-state index is -0.321. The van der Waals surface area contributed by atoms with Crippen molar-refractivity contribution >= 4 is 51.7 Å². The summed E-state index contributed by atoms with van der Waals surface area (Å²) < 4.78 is 0. The Kier molecular flexibility index (Phi) is 5.80. The van der Waals surface area contributed by atoms with Crippen molar-refractivity contribution in [2.24, 2.45) is 5.10 Å². The second-order valence-electron chi connectivity index (χ2n) is 5.56. The number of hydrogen-bond donors (Lipinski definition) is 2. The molecule has 26 heavy (non-hydrogen) atoms. The number of anilines is 2. The van der Waals surface area contributed by atoms with Gasteiger partial charge in [0.15, 0.2) is 5.17 Å². The maximum Gasteiger partial charge on any atom is 0.259 e. The maximum atomic E-state index is 12.4. The largest absolute Gasteiger partial charge is 0.376 e. The van der Waals surface area contributed by atoms with Gasteiger partial charge in [-0.1, -0.05) is 47.6 Å². The first-order valence-corrected chi connectivity index (χ1v) is 9.22. The molecule has 6 nitrogen and oxygen atoms in total. The van der Waals surface area contributed by atoms with E-state index in [1.807, 2.05) is 43.3 Å². The lowest BCUT2D eigenvalue weighted by Crippen LogP contribution is -2.34. The predicted molar refractivity (Wildman–Crippen MR) is 107 cm³/mol. The monoisotopic (exact) mass is 388 g/mol. The highest BCUT2D eigenvalue weighted by Crippen LogP contribution is 2.31. The molecule has 2 aromatic carbocycles. The lowest BCUT2D eigenvalue weighted by atomic mass is 10.3. The van der Waals surface area contributed by atoms with Crippen molar-refractivity contribution in [3.8, 4) is 0 Å². The summed E-state index contributed by atoms with van der Waals surface area (Å²) >= 11 is 7.22. The summed E-state index contributed by atoms with van der Waals surface area (Å²) in [6.07, 6.45) is 0. The van der Waals surface area contributed by atoms with Crippen LogP contribution in [-0.4, -0.2) is 28.8 Å². The number of carbonyl (C=O) groups is 2. The average Bonchev–Trinajstić information content (AvgIpc) is 2.93. The summed E-state index contributed by atoms with van der Waals surface area (Å²) in [4.78, 5) is 25.9. The molecule has 0 aromatic heterocycles.